The molecule has 0 unspecified atom stereocenters. The van der Waals surface area contributed by atoms with Gasteiger partial charge in [-0.2, -0.15) is 9.97 Å². The van der Waals surface area contributed by atoms with Crippen LogP contribution in [0.15, 0.2) is 406 Å². The van der Waals surface area contributed by atoms with E-state index < -0.39 is 0 Å². The summed E-state index contributed by atoms with van der Waals surface area (Å²) in [7, 11) is 0. The molecule has 0 aliphatic rings. The van der Waals surface area contributed by atoms with Gasteiger partial charge in [-0.1, -0.05) is 303 Å². The molecular formula is C103H67N9. The lowest BCUT2D eigenvalue weighted by atomic mass is 10.0. The minimum atomic E-state index is 0.579. The molecule has 0 atom stereocenters. The summed E-state index contributed by atoms with van der Waals surface area (Å²) in [5.41, 5.74) is 25.5. The summed E-state index contributed by atoms with van der Waals surface area (Å²) in [5.74, 6) is 3.35. The van der Waals surface area contributed by atoms with E-state index in [1.54, 1.807) is 0 Å². The average Bonchev–Trinajstić information content (AvgIpc) is 1.59. The van der Waals surface area contributed by atoms with Crippen LogP contribution in [0.4, 0.5) is 0 Å². The van der Waals surface area contributed by atoms with Crippen molar-refractivity contribution in [2.24, 2.45) is 0 Å². The van der Waals surface area contributed by atoms with Crippen LogP contribution in [0.3, 0.4) is 0 Å². The molecule has 112 heavy (non-hydrogen) atoms. The Morgan fingerprint density at radius 1 is 0.152 bits per heavy atom. The number of para-hydroxylation sites is 6. The molecular weight excluding hydrogens is 1360 g/mol. The van der Waals surface area contributed by atoms with Gasteiger partial charge < -0.3 is 9.13 Å². The fourth-order valence-corrected chi connectivity index (χ4v) is 16.4. The van der Waals surface area contributed by atoms with Gasteiger partial charge in [0.25, 0.3) is 0 Å². The van der Waals surface area contributed by atoms with Crippen LogP contribution < -0.4 is 0 Å². The van der Waals surface area contributed by atoms with Crippen LogP contribution in [0.1, 0.15) is 0 Å². The third-order valence-corrected chi connectivity index (χ3v) is 21.8. The van der Waals surface area contributed by atoms with Crippen LogP contribution in [0, 0.1) is 0 Å². The number of nitrogens with zero attached hydrogens (tertiary/aromatic N) is 9. The van der Waals surface area contributed by atoms with E-state index >= 15 is 0 Å². The maximum Gasteiger partial charge on any atom is 0.238 e. The van der Waals surface area contributed by atoms with E-state index in [9.17, 15) is 0 Å². The number of rotatable bonds is 12. The molecule has 22 aromatic rings. The number of benzene rings is 16. The second kappa shape index (κ2) is 27.5. The molecule has 0 aliphatic heterocycles. The van der Waals surface area contributed by atoms with E-state index in [4.69, 9.17) is 24.9 Å². The highest BCUT2D eigenvalue weighted by Gasteiger charge is 2.23. The van der Waals surface area contributed by atoms with Crippen LogP contribution in [0.25, 0.3) is 200 Å². The topological polar surface area (TPSA) is 84.2 Å². The normalized spacial score (nSPS) is 11.6. The van der Waals surface area contributed by atoms with E-state index in [1.807, 2.05) is 48.5 Å². The van der Waals surface area contributed by atoms with E-state index in [-0.39, 0.29) is 0 Å². The molecule has 0 radical (unpaired) electrons. The quantitative estimate of drug-likeness (QED) is 0.122. The predicted octanol–water partition coefficient (Wildman–Crippen LogP) is 26.1. The van der Waals surface area contributed by atoms with Crippen molar-refractivity contribution in [2.75, 3.05) is 0 Å². The Balaban J connectivity index is 0.000000141. The molecule has 22 rings (SSSR count). The fourth-order valence-electron chi connectivity index (χ4n) is 16.4. The van der Waals surface area contributed by atoms with Crippen molar-refractivity contribution in [3.8, 4) is 113 Å². The first kappa shape index (κ1) is 65.1. The molecule has 0 N–H and O–H groups in total. The van der Waals surface area contributed by atoms with E-state index in [0.717, 1.165) is 94.7 Å². The van der Waals surface area contributed by atoms with Gasteiger partial charge in [-0.25, -0.2) is 15.0 Å². The molecule has 0 saturated carbocycles. The maximum atomic E-state index is 5.29. The van der Waals surface area contributed by atoms with Gasteiger partial charge in [0, 0.05) is 82.8 Å². The predicted molar refractivity (Wildman–Crippen MR) is 463 cm³/mol. The summed E-state index contributed by atoms with van der Waals surface area (Å²) in [5, 5.41) is 9.59. The van der Waals surface area contributed by atoms with Gasteiger partial charge in [0.15, 0.2) is 17.5 Å². The van der Waals surface area contributed by atoms with E-state index in [2.05, 4.69) is 376 Å². The molecule has 0 fully saturated rings. The average molecular weight is 1430 g/mol. The third kappa shape index (κ3) is 11.5. The van der Waals surface area contributed by atoms with Crippen molar-refractivity contribution in [1.82, 2.24) is 43.2 Å². The highest BCUT2D eigenvalue weighted by molar-refractivity contribution is 6.15. The molecule has 0 amide bonds. The molecule has 6 heterocycles. The van der Waals surface area contributed by atoms with E-state index in [0.29, 0.717) is 23.4 Å². The minimum absolute atomic E-state index is 0.579. The Labute approximate surface area is 645 Å². The smallest absolute Gasteiger partial charge is 0.238 e. The molecule has 9 heteroatoms. The van der Waals surface area contributed by atoms with Crippen molar-refractivity contribution in [3.05, 3.63) is 406 Å². The van der Waals surface area contributed by atoms with Crippen LogP contribution in [0.5, 0.6) is 0 Å². The van der Waals surface area contributed by atoms with Crippen molar-refractivity contribution in [1.29, 1.82) is 0 Å². The second-order valence-corrected chi connectivity index (χ2v) is 28.3. The monoisotopic (exact) mass is 1430 g/mol. The summed E-state index contributed by atoms with van der Waals surface area (Å²) in [6.07, 6.45) is 0. The van der Waals surface area contributed by atoms with Crippen molar-refractivity contribution in [3.63, 3.8) is 0 Å². The maximum absolute atomic E-state index is 5.29. The van der Waals surface area contributed by atoms with Gasteiger partial charge in [0.1, 0.15) is 5.82 Å². The van der Waals surface area contributed by atoms with Gasteiger partial charge in [-0.15, -0.1) is 0 Å². The van der Waals surface area contributed by atoms with Gasteiger partial charge in [-0.05, 0) is 142 Å². The van der Waals surface area contributed by atoms with Crippen molar-refractivity contribution < 1.29 is 0 Å². The Morgan fingerprint density at radius 3 is 0.804 bits per heavy atom. The third-order valence-electron chi connectivity index (χ3n) is 21.8. The Hall–Kier alpha value is -15.2. The zero-order valence-corrected chi connectivity index (χ0v) is 60.7. The Kier molecular flexibility index (Phi) is 16.0. The summed E-state index contributed by atoms with van der Waals surface area (Å²) in [4.78, 5) is 25.8. The lowest BCUT2D eigenvalue weighted by Gasteiger charge is -2.12. The highest BCUT2D eigenvalue weighted by Crippen LogP contribution is 2.42. The first-order chi connectivity index (χ1) is 55.5. The first-order valence-electron chi connectivity index (χ1n) is 37.9. The molecule has 0 saturated heterocycles. The molecule has 9 nitrogen and oxygen atoms in total. The number of hydrogen-bond acceptors (Lipinski definition) is 5. The Bertz CT molecular complexity index is 6870. The fraction of sp³-hybridized carbons (Fsp3) is 0. The van der Waals surface area contributed by atoms with Gasteiger partial charge in [0.2, 0.25) is 5.95 Å². The highest BCUT2D eigenvalue weighted by atomic mass is 15.2. The minimum Gasteiger partial charge on any atom is -0.309 e. The molecule has 524 valence electrons. The zero-order chi connectivity index (χ0) is 74.0. The number of hydrogen-bond donors (Lipinski definition) is 0. The van der Waals surface area contributed by atoms with Crippen molar-refractivity contribution >= 4 is 87.2 Å². The second-order valence-electron chi connectivity index (χ2n) is 28.3. The van der Waals surface area contributed by atoms with Crippen LogP contribution in [-0.4, -0.2) is 43.2 Å². The summed E-state index contributed by atoms with van der Waals surface area (Å²) >= 11 is 0. The standard InChI is InChI=1S/C52H34N4.C51H33N5/c1-4-14-35(15-5-1)36-24-26-38(27-25-36)52-53-46(37-16-6-2-7-17-37)34-51(54-52)56-48-23-13-11-21-43(48)45-33-40(29-31-50(45)56)39-28-30-49-44(32-39)42-20-10-12-22-47(42)55(49)41-18-8-3-9-19-41;1-4-14-34(15-5-1)35-24-26-37(27-25-35)50-52-49(36-16-6-2-7-17-36)53-51(54-50)56-46-23-13-11-21-42(46)44-33-39(29-31-48(44)56)38-28-30-47-43(32-38)41-20-10-12-22-45(41)55(47)40-18-8-3-9-19-40/h1-34H;1-33H. The molecule has 0 bridgehead atoms. The first-order valence-corrected chi connectivity index (χ1v) is 37.9. The summed E-state index contributed by atoms with van der Waals surface area (Å²) in [6.45, 7) is 0. The molecule has 0 aliphatic carbocycles. The van der Waals surface area contributed by atoms with E-state index in [1.165, 1.54) is 82.2 Å². The van der Waals surface area contributed by atoms with Crippen molar-refractivity contribution in [2.45, 2.75) is 0 Å². The van der Waals surface area contributed by atoms with Crippen LogP contribution in [-0.2, 0) is 0 Å². The SMILES string of the molecule is c1ccc(-c2ccc(-c3nc(-c4ccccc4)cc(-n4c5ccccc5c5cc(-c6ccc7c(c6)c6ccccc6n7-c6ccccc6)ccc54)n3)cc2)cc1.c1ccc(-c2ccc(-c3nc(-c4ccccc4)nc(-n4c5ccccc5c5cc(-c6ccc7c(c6)c6ccccc6n7-c6ccccc6)ccc54)n3)cc2)cc1. The van der Waals surface area contributed by atoms with Gasteiger partial charge in [0.05, 0.1) is 49.8 Å². The summed E-state index contributed by atoms with van der Waals surface area (Å²) < 4.78 is 9.19. The van der Waals surface area contributed by atoms with Crippen LogP contribution >= 0.6 is 0 Å². The molecule has 0 spiro atoms. The number of fused-ring (bicyclic) bond motifs is 12. The van der Waals surface area contributed by atoms with Gasteiger partial charge in [-0.3, -0.25) is 9.13 Å². The van der Waals surface area contributed by atoms with Gasteiger partial charge >= 0.3 is 0 Å². The number of aromatic nitrogens is 9. The molecule has 16 aromatic carbocycles. The Morgan fingerprint density at radius 2 is 0.411 bits per heavy atom. The zero-order valence-electron chi connectivity index (χ0n) is 60.7. The molecule has 6 aromatic heterocycles. The lowest BCUT2D eigenvalue weighted by molar-refractivity contribution is 0.953. The lowest BCUT2D eigenvalue weighted by Crippen LogP contribution is -2.06. The largest absolute Gasteiger partial charge is 0.309 e. The summed E-state index contributed by atoms with van der Waals surface area (Å²) in [6, 6.07) is 144. The van der Waals surface area contributed by atoms with Crippen LogP contribution in [0.2, 0.25) is 0 Å².